The molecule has 0 aliphatic carbocycles. The Morgan fingerprint density at radius 2 is 2.26 bits per heavy atom. The summed E-state index contributed by atoms with van der Waals surface area (Å²) in [4.78, 5) is 5.94. The molecule has 1 aliphatic heterocycles. The van der Waals surface area contributed by atoms with E-state index in [1.165, 1.54) is 0 Å². The van der Waals surface area contributed by atoms with Crippen molar-refractivity contribution >= 4 is 17.1 Å². The third-order valence-corrected chi connectivity index (χ3v) is 3.58. The number of hydrogen-bond donors (Lipinski definition) is 3. The molecule has 0 spiro atoms. The number of nitrogens with zero attached hydrogens (tertiary/aromatic N) is 2. The molecule has 1 heterocycles. The molecule has 108 valence electrons. The lowest BCUT2D eigenvalue weighted by Gasteiger charge is -2.34. The summed E-state index contributed by atoms with van der Waals surface area (Å²) in [5.74, 6) is 0.748. The van der Waals surface area contributed by atoms with Crippen LogP contribution in [0.15, 0.2) is 29.7 Å². The van der Waals surface area contributed by atoms with Gasteiger partial charge in [0.05, 0.1) is 0 Å². The number of nitrogens with one attached hydrogen (secondary N) is 1. The second kappa shape index (κ2) is 7.57. The lowest BCUT2D eigenvalue weighted by atomic mass is 10.0. The van der Waals surface area contributed by atoms with Crippen LogP contribution in [0.1, 0.15) is 33.1 Å². The van der Waals surface area contributed by atoms with E-state index in [1.54, 1.807) is 11.8 Å². The number of aliphatic hydroxyl groups excluding tert-OH is 1. The zero-order valence-corrected chi connectivity index (χ0v) is 12.5. The van der Waals surface area contributed by atoms with Crippen LogP contribution in [-0.4, -0.2) is 27.9 Å². The Labute approximate surface area is 119 Å². The van der Waals surface area contributed by atoms with Crippen LogP contribution in [-0.2, 0) is 0 Å². The fraction of sp³-hybridized carbons (Fsp3) is 0.615. The van der Waals surface area contributed by atoms with E-state index in [1.807, 2.05) is 6.92 Å². The molecule has 2 atom stereocenters. The average Bonchev–Trinajstić information content (AvgIpc) is 2.40. The second-order valence-corrected chi connectivity index (χ2v) is 5.48. The number of nitrogens with two attached hydrogens (primary N) is 1. The maximum atomic E-state index is 10.5. The largest absolute Gasteiger partial charge is 0.373 e. The van der Waals surface area contributed by atoms with E-state index in [9.17, 15) is 5.11 Å². The van der Waals surface area contributed by atoms with Crippen LogP contribution in [0.2, 0.25) is 0 Å². The van der Waals surface area contributed by atoms with Crippen LogP contribution in [0, 0.1) is 5.92 Å². The predicted molar refractivity (Wildman–Crippen MR) is 82.0 cm³/mol. The number of aliphatic imine (C=N–C) groups is 1. The quantitative estimate of drug-likeness (QED) is 0.390. The van der Waals surface area contributed by atoms with Crippen molar-refractivity contribution in [2.75, 3.05) is 6.54 Å². The van der Waals surface area contributed by atoms with E-state index in [4.69, 9.17) is 5.14 Å². The molecule has 0 amide bonds. The van der Waals surface area contributed by atoms with Crippen LogP contribution in [0.25, 0.3) is 0 Å². The summed E-state index contributed by atoms with van der Waals surface area (Å²) in [6, 6.07) is 0. The van der Waals surface area contributed by atoms with Crippen molar-refractivity contribution in [1.29, 1.82) is 0 Å². The van der Waals surface area contributed by atoms with Gasteiger partial charge in [0.25, 0.3) is 0 Å². The molecule has 19 heavy (non-hydrogen) atoms. The van der Waals surface area contributed by atoms with Crippen molar-refractivity contribution in [2.24, 2.45) is 16.0 Å². The van der Waals surface area contributed by atoms with Crippen LogP contribution in [0.3, 0.4) is 0 Å². The zero-order valence-electron chi connectivity index (χ0n) is 11.7. The van der Waals surface area contributed by atoms with E-state index in [0.29, 0.717) is 16.7 Å². The van der Waals surface area contributed by atoms with Gasteiger partial charge >= 0.3 is 0 Å². The van der Waals surface area contributed by atoms with Gasteiger partial charge in [0.1, 0.15) is 12.0 Å². The number of allylic oxidation sites excluding steroid dienone is 1. The number of amidine groups is 1. The van der Waals surface area contributed by atoms with Gasteiger partial charge in [-0.05, 0) is 31.7 Å². The van der Waals surface area contributed by atoms with Crippen molar-refractivity contribution < 1.29 is 5.11 Å². The maximum Gasteiger partial charge on any atom is 0.186 e. The molecule has 0 radical (unpaired) electrons. The molecule has 0 aromatic carbocycles. The van der Waals surface area contributed by atoms with Gasteiger partial charge in [-0.25, -0.2) is 4.99 Å². The average molecular weight is 284 g/mol. The van der Waals surface area contributed by atoms with Gasteiger partial charge in [-0.1, -0.05) is 26.5 Å². The van der Waals surface area contributed by atoms with E-state index >= 15 is 0 Å². The molecule has 1 aliphatic rings. The number of hydrogen-bond acceptors (Lipinski definition) is 5. The van der Waals surface area contributed by atoms with Gasteiger partial charge in [0.2, 0.25) is 0 Å². The molecule has 0 bridgehead atoms. The molecule has 1 rings (SSSR count). The molecule has 1 saturated heterocycles. The minimum Gasteiger partial charge on any atom is -0.373 e. The fourth-order valence-electron chi connectivity index (χ4n) is 2.00. The normalized spacial score (nSPS) is 26.2. The van der Waals surface area contributed by atoms with E-state index in [0.717, 1.165) is 37.8 Å². The summed E-state index contributed by atoms with van der Waals surface area (Å²) < 4.78 is 0. The molecule has 1 fully saturated rings. The molecular weight excluding hydrogens is 260 g/mol. The first-order valence-electron chi connectivity index (χ1n) is 6.48. The lowest BCUT2D eigenvalue weighted by Crippen LogP contribution is -2.45. The van der Waals surface area contributed by atoms with Crippen molar-refractivity contribution in [3.05, 3.63) is 24.7 Å². The first-order valence-corrected chi connectivity index (χ1v) is 7.36. The topological polar surface area (TPSA) is 73.9 Å². The summed E-state index contributed by atoms with van der Waals surface area (Å²) in [6.07, 6.45) is 2.41. The number of aliphatic hydroxyl groups is 1. The monoisotopic (exact) mass is 284 g/mol. The highest BCUT2D eigenvalue weighted by Crippen LogP contribution is 2.23. The Morgan fingerprint density at radius 1 is 1.58 bits per heavy atom. The molecule has 6 heteroatoms. The Morgan fingerprint density at radius 3 is 2.84 bits per heavy atom. The van der Waals surface area contributed by atoms with Crippen LogP contribution >= 0.6 is 11.9 Å². The highest BCUT2D eigenvalue weighted by atomic mass is 32.2. The Bertz CT molecular complexity index is 370. The SMILES string of the molecule is C=C(C)/N=C(\SN)N1C(=C)NCCCCC(C)C1O. The van der Waals surface area contributed by atoms with Gasteiger partial charge in [-0.3, -0.25) is 10.0 Å². The first-order chi connectivity index (χ1) is 8.97. The van der Waals surface area contributed by atoms with Gasteiger partial charge in [0, 0.05) is 18.2 Å². The summed E-state index contributed by atoms with van der Waals surface area (Å²) in [5, 5.41) is 19.9. The Hall–Kier alpha value is -0.980. The molecule has 0 aromatic rings. The molecule has 0 aromatic heterocycles. The van der Waals surface area contributed by atoms with Crippen molar-refractivity contribution in [3.63, 3.8) is 0 Å². The lowest BCUT2D eigenvalue weighted by molar-refractivity contribution is 0.0225. The third kappa shape index (κ3) is 4.56. The van der Waals surface area contributed by atoms with Gasteiger partial charge < -0.3 is 10.4 Å². The first kappa shape index (κ1) is 16.1. The predicted octanol–water partition coefficient (Wildman–Crippen LogP) is 1.98. The van der Waals surface area contributed by atoms with Crippen molar-refractivity contribution in [3.8, 4) is 0 Å². The van der Waals surface area contributed by atoms with Crippen LogP contribution in [0.5, 0.6) is 0 Å². The molecule has 5 nitrogen and oxygen atoms in total. The highest BCUT2D eigenvalue weighted by Gasteiger charge is 2.28. The Kier molecular flexibility index (Phi) is 6.41. The zero-order chi connectivity index (χ0) is 14.4. The fourth-order valence-corrected chi connectivity index (χ4v) is 2.54. The summed E-state index contributed by atoms with van der Waals surface area (Å²) in [7, 11) is 0. The number of rotatable bonds is 1. The van der Waals surface area contributed by atoms with Crippen LogP contribution in [0.4, 0.5) is 0 Å². The molecule has 4 N–H and O–H groups in total. The molecular formula is C13H24N4OS. The Balaban J connectivity index is 3.06. The van der Waals surface area contributed by atoms with Gasteiger partial charge in [-0.2, -0.15) is 0 Å². The third-order valence-electron chi connectivity index (χ3n) is 3.08. The highest BCUT2D eigenvalue weighted by molar-refractivity contribution is 8.11. The maximum absolute atomic E-state index is 10.5. The van der Waals surface area contributed by atoms with E-state index in [-0.39, 0.29) is 5.92 Å². The van der Waals surface area contributed by atoms with Crippen molar-refractivity contribution in [2.45, 2.75) is 39.3 Å². The summed E-state index contributed by atoms with van der Waals surface area (Å²) in [6.45, 7) is 12.4. The van der Waals surface area contributed by atoms with Gasteiger partial charge in [-0.15, -0.1) is 0 Å². The summed E-state index contributed by atoms with van der Waals surface area (Å²) in [5.41, 5.74) is 0.639. The summed E-state index contributed by atoms with van der Waals surface area (Å²) >= 11 is 0.991. The standard InChI is InChI=1S/C13H24N4OS/c1-9(2)16-13(19-14)17-11(4)15-8-6-5-7-10(3)12(17)18/h10,12,15,18H,1,4-8,14H2,2-3H3/b16-13-. The van der Waals surface area contributed by atoms with E-state index in [2.05, 4.69) is 23.5 Å². The minimum absolute atomic E-state index is 0.124. The smallest absolute Gasteiger partial charge is 0.186 e. The second-order valence-electron chi connectivity index (χ2n) is 4.88. The van der Waals surface area contributed by atoms with Crippen LogP contribution < -0.4 is 10.5 Å². The minimum atomic E-state index is -0.688. The van der Waals surface area contributed by atoms with Crippen molar-refractivity contribution in [1.82, 2.24) is 10.2 Å². The molecule has 0 saturated carbocycles. The van der Waals surface area contributed by atoms with Gasteiger partial charge in [0.15, 0.2) is 5.17 Å². The van der Waals surface area contributed by atoms with E-state index < -0.39 is 6.23 Å². The molecule has 2 unspecified atom stereocenters.